The molecule has 1 aromatic heterocycles. The number of benzene rings is 2. The molecule has 106 valence electrons. The van der Waals surface area contributed by atoms with Gasteiger partial charge in [0.05, 0.1) is 6.04 Å². The van der Waals surface area contributed by atoms with Crippen molar-refractivity contribution in [3.63, 3.8) is 0 Å². The van der Waals surface area contributed by atoms with Gasteiger partial charge in [-0.15, -0.1) is 11.8 Å². The van der Waals surface area contributed by atoms with Gasteiger partial charge in [-0.25, -0.2) is 0 Å². The SMILES string of the molecule is CNC(c1ccccc1SC)c1cccc2ccncc12. The predicted molar refractivity (Wildman–Crippen MR) is 90.9 cm³/mol. The Morgan fingerprint density at radius 1 is 1.00 bits per heavy atom. The van der Waals surface area contributed by atoms with Crippen molar-refractivity contribution >= 4 is 22.5 Å². The molecule has 0 aliphatic heterocycles. The molecule has 0 aliphatic carbocycles. The van der Waals surface area contributed by atoms with Gasteiger partial charge in [0.2, 0.25) is 0 Å². The molecule has 0 aliphatic rings. The number of rotatable bonds is 4. The highest BCUT2D eigenvalue weighted by Gasteiger charge is 2.17. The quantitative estimate of drug-likeness (QED) is 0.728. The first kappa shape index (κ1) is 14.1. The molecule has 2 aromatic carbocycles. The summed E-state index contributed by atoms with van der Waals surface area (Å²) in [5.41, 5.74) is 2.58. The van der Waals surface area contributed by atoms with Crippen LogP contribution in [0.15, 0.2) is 65.8 Å². The monoisotopic (exact) mass is 294 g/mol. The number of nitrogens with one attached hydrogen (secondary N) is 1. The van der Waals surface area contributed by atoms with Gasteiger partial charge in [0.25, 0.3) is 0 Å². The number of hydrogen-bond donors (Lipinski definition) is 1. The van der Waals surface area contributed by atoms with Crippen LogP contribution < -0.4 is 5.32 Å². The van der Waals surface area contributed by atoms with Crippen molar-refractivity contribution in [1.29, 1.82) is 0 Å². The van der Waals surface area contributed by atoms with Crippen LogP contribution in [-0.2, 0) is 0 Å². The second-order valence-electron chi connectivity index (χ2n) is 4.91. The summed E-state index contributed by atoms with van der Waals surface area (Å²) in [6.45, 7) is 0. The molecule has 3 rings (SSSR count). The lowest BCUT2D eigenvalue weighted by atomic mass is 9.95. The van der Waals surface area contributed by atoms with Crippen molar-refractivity contribution in [3.05, 3.63) is 72.1 Å². The molecule has 0 bridgehead atoms. The molecule has 0 amide bonds. The maximum absolute atomic E-state index is 4.29. The molecule has 0 saturated carbocycles. The van der Waals surface area contributed by atoms with Crippen molar-refractivity contribution in [2.75, 3.05) is 13.3 Å². The minimum atomic E-state index is 0.168. The van der Waals surface area contributed by atoms with Crippen LogP contribution >= 0.6 is 11.8 Å². The molecule has 0 fully saturated rings. The fraction of sp³-hybridized carbons (Fsp3) is 0.167. The summed E-state index contributed by atoms with van der Waals surface area (Å²) in [7, 11) is 2.01. The second-order valence-corrected chi connectivity index (χ2v) is 5.76. The number of pyridine rings is 1. The van der Waals surface area contributed by atoms with Crippen LogP contribution in [0, 0.1) is 0 Å². The van der Waals surface area contributed by atoms with Crippen LogP contribution in [0.5, 0.6) is 0 Å². The van der Waals surface area contributed by atoms with Crippen molar-refractivity contribution in [2.24, 2.45) is 0 Å². The van der Waals surface area contributed by atoms with Gasteiger partial charge < -0.3 is 5.32 Å². The van der Waals surface area contributed by atoms with Crippen molar-refractivity contribution in [3.8, 4) is 0 Å². The molecule has 0 radical (unpaired) electrons. The van der Waals surface area contributed by atoms with Crippen molar-refractivity contribution < 1.29 is 0 Å². The molecule has 0 spiro atoms. The maximum atomic E-state index is 4.29. The molecule has 21 heavy (non-hydrogen) atoms. The van der Waals surface area contributed by atoms with Gasteiger partial charge in [0, 0.05) is 22.7 Å². The summed E-state index contributed by atoms with van der Waals surface area (Å²) in [5, 5.41) is 5.89. The summed E-state index contributed by atoms with van der Waals surface area (Å²) >= 11 is 1.78. The van der Waals surface area contributed by atoms with Gasteiger partial charge in [-0.2, -0.15) is 0 Å². The highest BCUT2D eigenvalue weighted by atomic mass is 32.2. The summed E-state index contributed by atoms with van der Waals surface area (Å²) in [6, 6.07) is 17.2. The largest absolute Gasteiger partial charge is 0.309 e. The van der Waals surface area contributed by atoms with Gasteiger partial charge in [0.1, 0.15) is 0 Å². The van der Waals surface area contributed by atoms with Crippen molar-refractivity contribution in [2.45, 2.75) is 10.9 Å². The third kappa shape index (κ3) is 2.67. The Labute approximate surface area is 129 Å². The van der Waals surface area contributed by atoms with E-state index >= 15 is 0 Å². The lowest BCUT2D eigenvalue weighted by molar-refractivity contribution is 0.685. The van der Waals surface area contributed by atoms with Gasteiger partial charge in [-0.05, 0) is 41.9 Å². The van der Waals surface area contributed by atoms with Gasteiger partial charge in [-0.3, -0.25) is 4.98 Å². The highest BCUT2D eigenvalue weighted by molar-refractivity contribution is 7.98. The van der Waals surface area contributed by atoms with E-state index in [1.54, 1.807) is 11.8 Å². The van der Waals surface area contributed by atoms with E-state index in [0.29, 0.717) is 0 Å². The lowest BCUT2D eigenvalue weighted by Crippen LogP contribution is -2.18. The first-order valence-corrected chi connectivity index (χ1v) is 8.20. The molecular formula is C18H18N2S. The molecule has 0 saturated heterocycles. The number of thioether (sulfide) groups is 1. The molecule has 3 heteroatoms. The first-order valence-electron chi connectivity index (χ1n) is 6.98. The minimum absolute atomic E-state index is 0.168. The molecule has 1 N–H and O–H groups in total. The zero-order chi connectivity index (χ0) is 14.7. The van der Waals surface area contributed by atoms with Crippen LogP contribution in [0.1, 0.15) is 17.2 Å². The van der Waals surface area contributed by atoms with Gasteiger partial charge in [0.15, 0.2) is 0 Å². The van der Waals surface area contributed by atoms with Crippen LogP contribution in [0.2, 0.25) is 0 Å². The molecule has 1 atom stereocenters. The molecule has 1 heterocycles. The average Bonchev–Trinajstić information content (AvgIpc) is 2.56. The Hall–Kier alpha value is -1.84. The number of aromatic nitrogens is 1. The Morgan fingerprint density at radius 3 is 2.62 bits per heavy atom. The predicted octanol–water partition coefficient (Wildman–Crippen LogP) is 4.27. The van der Waals surface area contributed by atoms with E-state index in [4.69, 9.17) is 0 Å². The normalized spacial score (nSPS) is 12.5. The lowest BCUT2D eigenvalue weighted by Gasteiger charge is -2.21. The Balaban J connectivity index is 2.19. The third-order valence-electron chi connectivity index (χ3n) is 3.77. The average molecular weight is 294 g/mol. The van der Waals surface area contributed by atoms with Crippen LogP contribution in [0.25, 0.3) is 10.8 Å². The van der Waals surface area contributed by atoms with Crippen LogP contribution in [-0.4, -0.2) is 18.3 Å². The van der Waals surface area contributed by atoms with Gasteiger partial charge >= 0.3 is 0 Å². The van der Waals surface area contributed by atoms with E-state index in [-0.39, 0.29) is 6.04 Å². The second kappa shape index (κ2) is 6.29. The number of hydrogen-bond acceptors (Lipinski definition) is 3. The van der Waals surface area contributed by atoms with E-state index in [9.17, 15) is 0 Å². The third-order valence-corrected chi connectivity index (χ3v) is 4.58. The Kier molecular flexibility index (Phi) is 4.23. The smallest absolute Gasteiger partial charge is 0.0592 e. The van der Waals surface area contributed by atoms with E-state index in [1.807, 2.05) is 19.4 Å². The Morgan fingerprint density at radius 2 is 1.81 bits per heavy atom. The molecule has 2 nitrogen and oxygen atoms in total. The summed E-state index contributed by atoms with van der Waals surface area (Å²) in [6.07, 6.45) is 5.92. The van der Waals surface area contributed by atoms with Crippen molar-refractivity contribution in [1.82, 2.24) is 10.3 Å². The topological polar surface area (TPSA) is 24.9 Å². The molecular weight excluding hydrogens is 276 g/mol. The fourth-order valence-corrected chi connectivity index (χ4v) is 3.41. The zero-order valence-electron chi connectivity index (χ0n) is 12.2. The fourth-order valence-electron chi connectivity index (χ4n) is 2.77. The number of fused-ring (bicyclic) bond motifs is 1. The van der Waals surface area contributed by atoms with E-state index in [0.717, 1.165) is 0 Å². The van der Waals surface area contributed by atoms with Gasteiger partial charge in [-0.1, -0.05) is 36.4 Å². The van der Waals surface area contributed by atoms with Crippen LogP contribution in [0.3, 0.4) is 0 Å². The van der Waals surface area contributed by atoms with E-state index in [2.05, 4.69) is 65.1 Å². The summed E-state index contributed by atoms with van der Waals surface area (Å²) in [4.78, 5) is 5.60. The zero-order valence-corrected chi connectivity index (χ0v) is 13.0. The summed E-state index contributed by atoms with van der Waals surface area (Å²) < 4.78 is 0. The van der Waals surface area contributed by atoms with E-state index in [1.165, 1.54) is 26.8 Å². The standard InChI is InChI=1S/C18H18N2S/c1-19-18(15-7-3-4-9-17(15)21-2)14-8-5-6-13-10-11-20-12-16(13)14/h3-12,18-19H,1-2H3. The van der Waals surface area contributed by atoms with Crippen LogP contribution in [0.4, 0.5) is 0 Å². The minimum Gasteiger partial charge on any atom is -0.309 e. The Bertz CT molecular complexity index is 750. The summed E-state index contributed by atoms with van der Waals surface area (Å²) in [5.74, 6) is 0. The maximum Gasteiger partial charge on any atom is 0.0592 e. The van der Waals surface area contributed by atoms with E-state index < -0.39 is 0 Å². The molecule has 3 aromatic rings. The molecule has 1 unspecified atom stereocenters. The number of nitrogens with zero attached hydrogens (tertiary/aromatic N) is 1. The first-order chi connectivity index (χ1) is 10.3. The highest BCUT2D eigenvalue weighted by Crippen LogP contribution is 2.33.